The van der Waals surface area contributed by atoms with Gasteiger partial charge in [0.25, 0.3) is 0 Å². The second kappa shape index (κ2) is 43.8. The molecule has 0 spiro atoms. The SMILES string of the molecule is CCCC/C=C\CCCCCCC(=O)OC(COC(=O)CCC/C=C\CCCCCC)COC(=O)CCCCCCC\C=C/C=C\C=C/CCCCCCC. The van der Waals surface area contributed by atoms with Gasteiger partial charge in [0.05, 0.1) is 0 Å². The van der Waals surface area contributed by atoms with Crippen molar-refractivity contribution in [1.29, 1.82) is 0 Å². The van der Waals surface area contributed by atoms with Crippen LogP contribution in [0.5, 0.6) is 0 Å². The van der Waals surface area contributed by atoms with Crippen LogP contribution in [0.25, 0.3) is 0 Å². The predicted molar refractivity (Wildman–Crippen MR) is 233 cm³/mol. The summed E-state index contributed by atoms with van der Waals surface area (Å²) in [5.74, 6) is -0.972. The molecule has 1 unspecified atom stereocenters. The molecule has 55 heavy (non-hydrogen) atoms. The highest BCUT2D eigenvalue weighted by Crippen LogP contribution is 2.12. The Hall–Kier alpha value is -2.89. The Morgan fingerprint density at radius 2 is 0.709 bits per heavy atom. The molecule has 6 heteroatoms. The third kappa shape index (κ3) is 42.1. The van der Waals surface area contributed by atoms with Crippen molar-refractivity contribution in [3.8, 4) is 0 Å². The normalized spacial score (nSPS) is 12.6. The number of carbonyl (C=O) groups excluding carboxylic acids is 3. The van der Waals surface area contributed by atoms with Crippen LogP contribution in [0, 0.1) is 0 Å². The largest absolute Gasteiger partial charge is 0.462 e. The Morgan fingerprint density at radius 1 is 0.364 bits per heavy atom. The molecule has 0 heterocycles. The molecule has 0 aromatic heterocycles. The van der Waals surface area contributed by atoms with Gasteiger partial charge in [0.1, 0.15) is 13.2 Å². The Bertz CT molecular complexity index is 1020. The summed E-state index contributed by atoms with van der Waals surface area (Å²) in [6.45, 7) is 6.47. The van der Waals surface area contributed by atoms with Crippen molar-refractivity contribution in [2.75, 3.05) is 13.2 Å². The number of esters is 3. The van der Waals surface area contributed by atoms with Crippen LogP contribution in [-0.4, -0.2) is 37.2 Å². The van der Waals surface area contributed by atoms with E-state index >= 15 is 0 Å². The van der Waals surface area contributed by atoms with Crippen molar-refractivity contribution in [2.45, 2.75) is 219 Å². The lowest BCUT2D eigenvalue weighted by molar-refractivity contribution is -0.167. The molecular formula is C49H84O6. The lowest BCUT2D eigenvalue weighted by Gasteiger charge is -2.18. The summed E-state index contributed by atoms with van der Waals surface area (Å²) in [4.78, 5) is 37.6. The third-order valence-corrected chi connectivity index (χ3v) is 9.53. The fourth-order valence-electron chi connectivity index (χ4n) is 6.01. The molecule has 0 fully saturated rings. The second-order valence-corrected chi connectivity index (χ2v) is 15.0. The van der Waals surface area contributed by atoms with E-state index < -0.39 is 6.10 Å². The Balaban J connectivity index is 4.39. The van der Waals surface area contributed by atoms with Crippen molar-refractivity contribution < 1.29 is 28.6 Å². The van der Waals surface area contributed by atoms with Crippen LogP contribution < -0.4 is 0 Å². The summed E-state index contributed by atoms with van der Waals surface area (Å²) in [6, 6.07) is 0. The molecule has 0 aromatic rings. The van der Waals surface area contributed by atoms with Gasteiger partial charge in [-0.05, 0) is 83.5 Å². The number of rotatable bonds is 40. The molecule has 0 aliphatic carbocycles. The van der Waals surface area contributed by atoms with Gasteiger partial charge in [-0.1, -0.05) is 171 Å². The van der Waals surface area contributed by atoms with E-state index in [-0.39, 0.29) is 31.1 Å². The topological polar surface area (TPSA) is 78.9 Å². The van der Waals surface area contributed by atoms with Gasteiger partial charge in [-0.3, -0.25) is 14.4 Å². The predicted octanol–water partition coefficient (Wildman–Crippen LogP) is 14.5. The van der Waals surface area contributed by atoms with Crippen molar-refractivity contribution in [3.63, 3.8) is 0 Å². The first-order valence-electron chi connectivity index (χ1n) is 22.8. The summed E-state index contributed by atoms with van der Waals surface area (Å²) >= 11 is 0. The van der Waals surface area contributed by atoms with Gasteiger partial charge in [-0.2, -0.15) is 0 Å². The summed E-state index contributed by atoms with van der Waals surface area (Å²) in [6.07, 6.45) is 52.1. The number of hydrogen-bond acceptors (Lipinski definition) is 6. The van der Waals surface area contributed by atoms with E-state index in [0.717, 1.165) is 89.9 Å². The zero-order valence-corrected chi connectivity index (χ0v) is 35.9. The van der Waals surface area contributed by atoms with Gasteiger partial charge < -0.3 is 14.2 Å². The van der Waals surface area contributed by atoms with Gasteiger partial charge in [-0.15, -0.1) is 0 Å². The molecule has 6 nitrogen and oxygen atoms in total. The molecule has 0 aromatic carbocycles. The summed E-state index contributed by atoms with van der Waals surface area (Å²) in [5.41, 5.74) is 0. The summed E-state index contributed by atoms with van der Waals surface area (Å²) in [7, 11) is 0. The molecule has 0 aliphatic rings. The van der Waals surface area contributed by atoms with Gasteiger partial charge in [0.2, 0.25) is 0 Å². The smallest absolute Gasteiger partial charge is 0.306 e. The Morgan fingerprint density at radius 3 is 1.20 bits per heavy atom. The van der Waals surface area contributed by atoms with Gasteiger partial charge in [0.15, 0.2) is 6.10 Å². The van der Waals surface area contributed by atoms with Gasteiger partial charge in [0, 0.05) is 19.3 Å². The Labute approximate surface area is 339 Å². The molecule has 0 aliphatic heterocycles. The Kier molecular flexibility index (Phi) is 41.5. The molecule has 0 saturated carbocycles. The van der Waals surface area contributed by atoms with Crippen LogP contribution in [0.4, 0.5) is 0 Å². The highest BCUT2D eigenvalue weighted by Gasteiger charge is 2.19. The first-order chi connectivity index (χ1) is 27.0. The van der Waals surface area contributed by atoms with E-state index in [9.17, 15) is 14.4 Å². The second-order valence-electron chi connectivity index (χ2n) is 15.0. The zero-order chi connectivity index (χ0) is 40.1. The molecule has 0 N–H and O–H groups in total. The van der Waals surface area contributed by atoms with Gasteiger partial charge in [-0.25, -0.2) is 0 Å². The molecule has 0 rings (SSSR count). The molecule has 1 atom stereocenters. The minimum Gasteiger partial charge on any atom is -0.462 e. The number of ether oxygens (including phenoxy) is 3. The number of allylic oxidation sites excluding steroid dienone is 10. The standard InChI is InChI=1S/C49H84O6/c1-4-7-10-13-16-19-21-22-23-24-25-26-27-28-31-33-36-39-42-48(51)54-45-46(44-53-47(50)41-38-35-32-29-18-15-12-9-6-3)55-49(52)43-40-37-34-30-20-17-14-11-8-5-2/h14,17,21-26,29,32,46H,4-13,15-16,18-20,27-28,30-31,33-45H2,1-3H3/b17-14-,22-21-,24-23-,26-25-,32-29-. The van der Waals surface area contributed by atoms with Crippen LogP contribution in [0.2, 0.25) is 0 Å². The van der Waals surface area contributed by atoms with E-state index in [0.29, 0.717) is 25.7 Å². The minimum absolute atomic E-state index is 0.0986. The maximum absolute atomic E-state index is 12.7. The van der Waals surface area contributed by atoms with E-state index in [1.165, 1.54) is 77.0 Å². The number of hydrogen-bond donors (Lipinski definition) is 0. The highest BCUT2D eigenvalue weighted by molar-refractivity contribution is 5.71. The zero-order valence-electron chi connectivity index (χ0n) is 35.9. The van der Waals surface area contributed by atoms with Crippen LogP contribution in [0.1, 0.15) is 213 Å². The van der Waals surface area contributed by atoms with E-state index in [2.05, 4.69) is 81.5 Å². The molecule has 0 bridgehead atoms. The maximum Gasteiger partial charge on any atom is 0.306 e. The van der Waals surface area contributed by atoms with Crippen LogP contribution in [0.3, 0.4) is 0 Å². The fraction of sp³-hybridized carbons (Fsp3) is 0.735. The van der Waals surface area contributed by atoms with Crippen LogP contribution in [-0.2, 0) is 28.6 Å². The monoisotopic (exact) mass is 769 g/mol. The summed E-state index contributed by atoms with van der Waals surface area (Å²) in [5, 5.41) is 0. The number of unbranched alkanes of at least 4 members (excludes halogenated alkanes) is 21. The van der Waals surface area contributed by atoms with E-state index in [4.69, 9.17) is 14.2 Å². The van der Waals surface area contributed by atoms with Crippen molar-refractivity contribution >= 4 is 17.9 Å². The quantitative estimate of drug-likeness (QED) is 0.0203. The van der Waals surface area contributed by atoms with Crippen LogP contribution in [0.15, 0.2) is 60.8 Å². The molecule has 316 valence electrons. The average Bonchev–Trinajstić information content (AvgIpc) is 3.18. The lowest BCUT2D eigenvalue weighted by atomic mass is 10.1. The van der Waals surface area contributed by atoms with E-state index in [1.54, 1.807) is 0 Å². The highest BCUT2D eigenvalue weighted by atomic mass is 16.6. The molecular weight excluding hydrogens is 685 g/mol. The molecule has 0 amide bonds. The maximum atomic E-state index is 12.7. The number of carbonyl (C=O) groups is 3. The van der Waals surface area contributed by atoms with Crippen LogP contribution >= 0.6 is 0 Å². The van der Waals surface area contributed by atoms with Gasteiger partial charge >= 0.3 is 17.9 Å². The summed E-state index contributed by atoms with van der Waals surface area (Å²) < 4.78 is 16.6. The average molecular weight is 769 g/mol. The molecule has 0 radical (unpaired) electrons. The van der Waals surface area contributed by atoms with Crippen molar-refractivity contribution in [1.82, 2.24) is 0 Å². The lowest BCUT2D eigenvalue weighted by Crippen LogP contribution is -2.30. The van der Waals surface area contributed by atoms with Crippen molar-refractivity contribution in [3.05, 3.63) is 60.8 Å². The van der Waals surface area contributed by atoms with Crippen molar-refractivity contribution in [2.24, 2.45) is 0 Å². The molecule has 0 saturated heterocycles. The minimum atomic E-state index is -0.795. The fourth-order valence-corrected chi connectivity index (χ4v) is 6.01. The third-order valence-electron chi connectivity index (χ3n) is 9.53. The first-order valence-corrected chi connectivity index (χ1v) is 22.8. The van der Waals surface area contributed by atoms with E-state index in [1.807, 2.05) is 0 Å². The first kappa shape index (κ1) is 52.1.